The van der Waals surface area contributed by atoms with E-state index in [1.165, 1.54) is 0 Å². The van der Waals surface area contributed by atoms with Gasteiger partial charge in [-0.25, -0.2) is 4.39 Å². The molecule has 1 heterocycles. The fourth-order valence-corrected chi connectivity index (χ4v) is 3.00. The Labute approximate surface area is 117 Å². The molecule has 90 valence electrons. The van der Waals surface area contributed by atoms with Crippen molar-refractivity contribution >= 4 is 38.9 Å². The molecule has 5 heteroatoms. The highest BCUT2D eigenvalue weighted by Crippen LogP contribution is 2.33. The van der Waals surface area contributed by atoms with E-state index in [0.29, 0.717) is 10.0 Å². The Kier molecular flexibility index (Phi) is 3.88. The van der Waals surface area contributed by atoms with Crippen LogP contribution in [-0.4, -0.2) is 0 Å². The molecule has 1 atom stereocenters. The second kappa shape index (κ2) is 5.06. The van der Waals surface area contributed by atoms with Crippen molar-refractivity contribution in [1.29, 1.82) is 0 Å². The molecule has 2 rings (SSSR count). The molecule has 1 nitrogen and oxygen atoms in total. The standard InChI is InChI=1S/C12H10BrClFNS/c1-6-4-17-5-8(6)12(16)7-2-3-9(13)10(14)11(7)15/h2-5,12H,16H2,1H3. The Morgan fingerprint density at radius 1 is 1.35 bits per heavy atom. The Morgan fingerprint density at radius 3 is 2.65 bits per heavy atom. The van der Waals surface area contributed by atoms with Crippen molar-refractivity contribution in [2.75, 3.05) is 0 Å². The zero-order valence-corrected chi connectivity index (χ0v) is 12.2. The first-order valence-electron chi connectivity index (χ1n) is 4.94. The van der Waals surface area contributed by atoms with Gasteiger partial charge in [-0.15, -0.1) is 0 Å². The van der Waals surface area contributed by atoms with Crippen LogP contribution in [0.15, 0.2) is 27.4 Å². The van der Waals surface area contributed by atoms with Crippen molar-refractivity contribution in [2.24, 2.45) is 5.73 Å². The number of rotatable bonds is 2. The summed E-state index contributed by atoms with van der Waals surface area (Å²) in [5.41, 5.74) is 8.50. The maximum atomic E-state index is 14.0. The van der Waals surface area contributed by atoms with Gasteiger partial charge in [-0.05, 0) is 50.8 Å². The molecule has 1 aromatic carbocycles. The van der Waals surface area contributed by atoms with Crippen LogP contribution in [0.2, 0.25) is 5.02 Å². The van der Waals surface area contributed by atoms with Crippen molar-refractivity contribution < 1.29 is 4.39 Å². The summed E-state index contributed by atoms with van der Waals surface area (Å²) in [7, 11) is 0. The van der Waals surface area contributed by atoms with Crippen molar-refractivity contribution in [3.8, 4) is 0 Å². The zero-order valence-electron chi connectivity index (χ0n) is 9.01. The van der Waals surface area contributed by atoms with Crippen LogP contribution in [0.3, 0.4) is 0 Å². The molecule has 0 spiro atoms. The molecule has 0 aliphatic rings. The molecular formula is C12H10BrClFNS. The van der Waals surface area contributed by atoms with Crippen LogP contribution < -0.4 is 5.73 Å². The topological polar surface area (TPSA) is 26.0 Å². The summed E-state index contributed by atoms with van der Waals surface area (Å²) in [6, 6.07) is 2.89. The van der Waals surface area contributed by atoms with E-state index in [4.69, 9.17) is 17.3 Å². The van der Waals surface area contributed by atoms with Crippen molar-refractivity contribution in [3.63, 3.8) is 0 Å². The first-order chi connectivity index (χ1) is 8.02. The van der Waals surface area contributed by atoms with E-state index < -0.39 is 11.9 Å². The maximum absolute atomic E-state index is 14.0. The van der Waals surface area contributed by atoms with Gasteiger partial charge in [-0.3, -0.25) is 0 Å². The summed E-state index contributed by atoms with van der Waals surface area (Å²) in [6.45, 7) is 1.96. The molecule has 0 fully saturated rings. The quantitative estimate of drug-likeness (QED) is 0.794. The summed E-state index contributed by atoms with van der Waals surface area (Å²) >= 11 is 10.6. The van der Waals surface area contributed by atoms with Gasteiger partial charge in [0.15, 0.2) is 0 Å². The highest BCUT2D eigenvalue weighted by Gasteiger charge is 2.19. The Bertz CT molecular complexity index is 555. The molecule has 0 aliphatic heterocycles. The fourth-order valence-electron chi connectivity index (χ4n) is 1.64. The van der Waals surface area contributed by atoms with Gasteiger partial charge in [0, 0.05) is 10.0 Å². The van der Waals surface area contributed by atoms with Gasteiger partial charge >= 0.3 is 0 Å². The van der Waals surface area contributed by atoms with Crippen LogP contribution in [0.1, 0.15) is 22.7 Å². The minimum Gasteiger partial charge on any atom is -0.320 e. The van der Waals surface area contributed by atoms with E-state index in [0.717, 1.165) is 11.1 Å². The van der Waals surface area contributed by atoms with Gasteiger partial charge in [0.1, 0.15) is 5.82 Å². The third-order valence-corrected chi connectivity index (χ3v) is 4.77. The summed E-state index contributed by atoms with van der Waals surface area (Å²) < 4.78 is 14.5. The third kappa shape index (κ3) is 2.40. The SMILES string of the molecule is Cc1cscc1C(N)c1ccc(Br)c(Cl)c1F. The maximum Gasteiger partial charge on any atom is 0.148 e. The normalized spacial score (nSPS) is 12.8. The molecule has 2 N–H and O–H groups in total. The van der Waals surface area contributed by atoms with Gasteiger partial charge in [0.05, 0.1) is 11.1 Å². The van der Waals surface area contributed by atoms with Crippen molar-refractivity contribution in [2.45, 2.75) is 13.0 Å². The number of halogens is 3. The molecule has 1 unspecified atom stereocenters. The largest absolute Gasteiger partial charge is 0.320 e. The third-order valence-electron chi connectivity index (χ3n) is 2.63. The second-order valence-electron chi connectivity index (χ2n) is 3.75. The van der Waals surface area contributed by atoms with Gasteiger partial charge in [-0.2, -0.15) is 11.3 Å². The highest BCUT2D eigenvalue weighted by atomic mass is 79.9. The lowest BCUT2D eigenvalue weighted by atomic mass is 9.99. The van der Waals surface area contributed by atoms with Crippen LogP contribution >= 0.6 is 38.9 Å². The summed E-state index contributed by atoms with van der Waals surface area (Å²) in [4.78, 5) is 0. The van der Waals surface area contributed by atoms with Gasteiger partial charge in [0.2, 0.25) is 0 Å². The second-order valence-corrected chi connectivity index (χ2v) is 5.73. The monoisotopic (exact) mass is 333 g/mol. The molecule has 1 aromatic heterocycles. The molecule has 2 aromatic rings. The van der Waals surface area contributed by atoms with Crippen LogP contribution in [0.5, 0.6) is 0 Å². The van der Waals surface area contributed by atoms with Gasteiger partial charge in [-0.1, -0.05) is 17.7 Å². The van der Waals surface area contributed by atoms with Crippen LogP contribution in [-0.2, 0) is 0 Å². The molecular weight excluding hydrogens is 325 g/mol. The predicted molar refractivity (Wildman–Crippen MR) is 74.2 cm³/mol. The predicted octanol–water partition coefficient (Wildman–Crippen LogP) is 4.66. The molecule has 0 radical (unpaired) electrons. The Morgan fingerprint density at radius 2 is 2.06 bits per heavy atom. The van der Waals surface area contributed by atoms with Gasteiger partial charge in [0.25, 0.3) is 0 Å². The van der Waals surface area contributed by atoms with Crippen molar-refractivity contribution in [3.05, 3.63) is 54.9 Å². The van der Waals surface area contributed by atoms with Crippen LogP contribution in [0, 0.1) is 12.7 Å². The number of hydrogen-bond acceptors (Lipinski definition) is 2. The van der Waals surface area contributed by atoms with E-state index in [-0.39, 0.29) is 5.02 Å². The van der Waals surface area contributed by atoms with E-state index in [1.54, 1.807) is 23.5 Å². The summed E-state index contributed by atoms with van der Waals surface area (Å²) in [5, 5.41) is 4.01. The smallest absolute Gasteiger partial charge is 0.148 e. The first kappa shape index (κ1) is 13.0. The highest BCUT2D eigenvalue weighted by molar-refractivity contribution is 9.10. The van der Waals surface area contributed by atoms with Crippen LogP contribution in [0.25, 0.3) is 0 Å². The molecule has 0 amide bonds. The Hall–Kier alpha value is -0.420. The number of nitrogens with two attached hydrogens (primary N) is 1. The van der Waals surface area contributed by atoms with E-state index in [1.807, 2.05) is 17.7 Å². The summed E-state index contributed by atoms with van der Waals surface area (Å²) in [5.74, 6) is -0.459. The van der Waals surface area contributed by atoms with Gasteiger partial charge < -0.3 is 5.73 Å². The number of thiophene rings is 1. The van der Waals surface area contributed by atoms with E-state index in [2.05, 4.69) is 15.9 Å². The lowest BCUT2D eigenvalue weighted by Gasteiger charge is -2.14. The van der Waals surface area contributed by atoms with Crippen molar-refractivity contribution in [1.82, 2.24) is 0 Å². The van der Waals surface area contributed by atoms with E-state index >= 15 is 0 Å². The molecule has 0 bridgehead atoms. The Balaban J connectivity index is 2.48. The average Bonchev–Trinajstić information content (AvgIpc) is 2.72. The lowest BCUT2D eigenvalue weighted by Crippen LogP contribution is -2.14. The molecule has 0 aliphatic carbocycles. The summed E-state index contributed by atoms with van der Waals surface area (Å²) in [6.07, 6.45) is 0. The zero-order chi connectivity index (χ0) is 12.6. The minimum absolute atomic E-state index is 0.0748. The number of hydrogen-bond donors (Lipinski definition) is 1. The minimum atomic E-state index is -0.480. The first-order valence-corrected chi connectivity index (χ1v) is 7.05. The molecule has 17 heavy (non-hydrogen) atoms. The fraction of sp³-hybridized carbons (Fsp3) is 0.167. The number of aryl methyl sites for hydroxylation is 1. The molecule has 0 saturated carbocycles. The number of benzene rings is 1. The van der Waals surface area contributed by atoms with E-state index in [9.17, 15) is 4.39 Å². The average molecular weight is 335 g/mol. The van der Waals surface area contributed by atoms with Crippen LogP contribution in [0.4, 0.5) is 4.39 Å². The lowest BCUT2D eigenvalue weighted by molar-refractivity contribution is 0.599. The molecule has 0 saturated heterocycles.